The van der Waals surface area contributed by atoms with Crippen molar-refractivity contribution >= 4 is 34.8 Å². The lowest BCUT2D eigenvalue weighted by Crippen LogP contribution is -2.40. The lowest BCUT2D eigenvalue weighted by Gasteiger charge is -2.39. The average molecular weight is 300 g/mol. The van der Waals surface area contributed by atoms with E-state index in [0.29, 0.717) is 10.9 Å². The summed E-state index contributed by atoms with van der Waals surface area (Å²) in [6, 6.07) is 4.04. The number of anilines is 1. The van der Waals surface area contributed by atoms with Gasteiger partial charge in [-0.1, -0.05) is 31.5 Å². The van der Waals surface area contributed by atoms with Crippen molar-refractivity contribution in [3.63, 3.8) is 0 Å². The van der Waals surface area contributed by atoms with Crippen LogP contribution in [-0.4, -0.2) is 18.3 Å². The molecule has 1 amide bonds. The van der Waals surface area contributed by atoms with Gasteiger partial charge in [0.25, 0.3) is 0 Å². The van der Waals surface area contributed by atoms with Crippen molar-refractivity contribution in [3.8, 4) is 0 Å². The Morgan fingerprint density at radius 2 is 2.11 bits per heavy atom. The molecule has 2 nitrogen and oxygen atoms in total. The number of fused-ring (bicyclic) bond motifs is 1. The van der Waals surface area contributed by atoms with Crippen LogP contribution in [0.3, 0.4) is 0 Å². The SMILES string of the molecule is CC(=O)N1CCC(C)(C)c2cc(CCCl)c(Cl)cc21. The van der Waals surface area contributed by atoms with E-state index in [2.05, 4.69) is 19.9 Å². The number of alkyl halides is 1. The molecule has 19 heavy (non-hydrogen) atoms. The summed E-state index contributed by atoms with van der Waals surface area (Å²) in [5.41, 5.74) is 3.27. The summed E-state index contributed by atoms with van der Waals surface area (Å²) in [4.78, 5) is 13.6. The van der Waals surface area contributed by atoms with E-state index >= 15 is 0 Å². The van der Waals surface area contributed by atoms with E-state index in [4.69, 9.17) is 23.2 Å². The fourth-order valence-electron chi connectivity index (χ4n) is 2.64. The largest absolute Gasteiger partial charge is 0.312 e. The summed E-state index contributed by atoms with van der Waals surface area (Å²) in [5, 5.41) is 0.698. The highest BCUT2D eigenvalue weighted by Gasteiger charge is 2.33. The van der Waals surface area contributed by atoms with Crippen LogP contribution in [-0.2, 0) is 16.6 Å². The summed E-state index contributed by atoms with van der Waals surface area (Å²) in [7, 11) is 0. The van der Waals surface area contributed by atoms with Gasteiger partial charge in [0.05, 0.1) is 0 Å². The molecule has 2 rings (SSSR count). The maximum absolute atomic E-state index is 11.8. The van der Waals surface area contributed by atoms with Crippen LogP contribution in [0.15, 0.2) is 12.1 Å². The van der Waals surface area contributed by atoms with Gasteiger partial charge in [-0.3, -0.25) is 4.79 Å². The summed E-state index contributed by atoms with van der Waals surface area (Å²) in [5.74, 6) is 0.618. The number of carbonyl (C=O) groups excluding carboxylic acids is 1. The first-order chi connectivity index (χ1) is 8.86. The van der Waals surface area contributed by atoms with Crippen LogP contribution in [0.5, 0.6) is 0 Å². The van der Waals surface area contributed by atoms with Gasteiger partial charge in [0, 0.05) is 30.1 Å². The molecule has 1 aliphatic heterocycles. The van der Waals surface area contributed by atoms with Gasteiger partial charge in [-0.05, 0) is 35.4 Å². The Balaban J connectivity index is 2.58. The second-order valence-electron chi connectivity index (χ2n) is 5.70. The van der Waals surface area contributed by atoms with E-state index in [1.54, 1.807) is 6.92 Å². The van der Waals surface area contributed by atoms with Gasteiger partial charge in [-0.15, -0.1) is 11.6 Å². The summed E-state index contributed by atoms with van der Waals surface area (Å²) in [6.07, 6.45) is 1.71. The van der Waals surface area contributed by atoms with Crippen LogP contribution in [0.2, 0.25) is 5.02 Å². The van der Waals surface area contributed by atoms with Crippen LogP contribution >= 0.6 is 23.2 Å². The zero-order valence-electron chi connectivity index (χ0n) is 11.6. The second-order valence-corrected chi connectivity index (χ2v) is 6.49. The molecule has 0 radical (unpaired) electrons. The number of aryl methyl sites for hydroxylation is 1. The molecule has 4 heteroatoms. The lowest BCUT2D eigenvalue weighted by molar-refractivity contribution is -0.116. The van der Waals surface area contributed by atoms with Crippen LogP contribution in [0.25, 0.3) is 0 Å². The molecule has 0 N–H and O–H groups in total. The fraction of sp³-hybridized carbons (Fsp3) is 0.533. The van der Waals surface area contributed by atoms with Gasteiger partial charge < -0.3 is 4.90 Å². The highest BCUT2D eigenvalue weighted by molar-refractivity contribution is 6.32. The minimum absolute atomic E-state index is 0.0624. The third-order valence-electron chi connectivity index (χ3n) is 3.89. The van der Waals surface area contributed by atoms with Gasteiger partial charge in [0.2, 0.25) is 5.91 Å². The van der Waals surface area contributed by atoms with Gasteiger partial charge in [0.1, 0.15) is 0 Å². The van der Waals surface area contributed by atoms with Gasteiger partial charge in [0.15, 0.2) is 0 Å². The average Bonchev–Trinajstić information content (AvgIpc) is 2.30. The third kappa shape index (κ3) is 2.75. The van der Waals surface area contributed by atoms with E-state index in [-0.39, 0.29) is 11.3 Å². The van der Waals surface area contributed by atoms with Crippen LogP contribution in [0.4, 0.5) is 5.69 Å². The molecular formula is C15H19Cl2NO. The summed E-state index contributed by atoms with van der Waals surface area (Å²) in [6.45, 7) is 6.77. The van der Waals surface area contributed by atoms with Gasteiger partial charge in [-0.25, -0.2) is 0 Å². The van der Waals surface area contributed by atoms with E-state index in [0.717, 1.165) is 30.6 Å². The molecule has 1 aromatic carbocycles. The number of hydrogen-bond acceptors (Lipinski definition) is 1. The first-order valence-electron chi connectivity index (χ1n) is 6.54. The van der Waals surface area contributed by atoms with E-state index in [1.165, 1.54) is 5.56 Å². The van der Waals surface area contributed by atoms with Crippen molar-refractivity contribution in [2.45, 2.75) is 39.0 Å². The van der Waals surface area contributed by atoms with Crippen molar-refractivity contribution in [1.29, 1.82) is 0 Å². The molecule has 104 valence electrons. The van der Waals surface area contributed by atoms with Gasteiger partial charge in [-0.2, -0.15) is 0 Å². The number of rotatable bonds is 2. The molecule has 0 saturated heterocycles. The Kier molecular flexibility index (Phi) is 4.12. The number of benzene rings is 1. The molecule has 0 aromatic heterocycles. The minimum atomic E-state index is 0.0624. The standard InChI is InChI=1S/C15H19Cl2NO/c1-10(19)18-7-5-15(2,3)12-8-11(4-6-16)13(17)9-14(12)18/h8-9H,4-7H2,1-3H3. The van der Waals surface area contributed by atoms with Crippen molar-refractivity contribution in [1.82, 2.24) is 0 Å². The maximum atomic E-state index is 11.8. The summed E-state index contributed by atoms with van der Waals surface area (Å²) < 4.78 is 0. The predicted molar refractivity (Wildman–Crippen MR) is 81.5 cm³/mol. The number of halogens is 2. The van der Waals surface area contributed by atoms with Crippen molar-refractivity contribution in [2.24, 2.45) is 0 Å². The molecule has 0 spiro atoms. The number of carbonyl (C=O) groups is 1. The number of hydrogen-bond donors (Lipinski definition) is 0. The fourth-order valence-corrected chi connectivity index (χ4v) is 3.10. The maximum Gasteiger partial charge on any atom is 0.223 e. The normalized spacial score (nSPS) is 17.2. The topological polar surface area (TPSA) is 20.3 Å². The zero-order chi connectivity index (χ0) is 14.2. The molecule has 0 unspecified atom stereocenters. The summed E-state index contributed by atoms with van der Waals surface area (Å²) >= 11 is 12.1. The van der Waals surface area contributed by atoms with Gasteiger partial charge >= 0.3 is 0 Å². The Morgan fingerprint density at radius 3 is 2.68 bits per heavy atom. The van der Waals surface area contributed by atoms with E-state index in [1.807, 2.05) is 11.0 Å². The second kappa shape index (κ2) is 5.34. The molecular weight excluding hydrogens is 281 g/mol. The zero-order valence-corrected chi connectivity index (χ0v) is 13.1. The third-order valence-corrected chi connectivity index (χ3v) is 4.43. The molecule has 1 aromatic rings. The smallest absolute Gasteiger partial charge is 0.223 e. The van der Waals surface area contributed by atoms with E-state index in [9.17, 15) is 4.79 Å². The quantitative estimate of drug-likeness (QED) is 0.751. The van der Waals surface area contributed by atoms with Crippen LogP contribution in [0, 0.1) is 0 Å². The minimum Gasteiger partial charge on any atom is -0.312 e. The Labute approximate surface area is 124 Å². The molecule has 0 atom stereocenters. The molecule has 1 aliphatic rings. The predicted octanol–water partition coefficient (Wildman–Crippen LogP) is 4.16. The molecule has 0 aliphatic carbocycles. The van der Waals surface area contributed by atoms with Crippen LogP contribution in [0.1, 0.15) is 38.3 Å². The first kappa shape index (κ1) is 14.7. The van der Waals surface area contributed by atoms with Crippen LogP contribution < -0.4 is 4.90 Å². The Bertz CT molecular complexity index is 511. The van der Waals surface area contributed by atoms with Crippen molar-refractivity contribution in [2.75, 3.05) is 17.3 Å². The van der Waals surface area contributed by atoms with Crippen molar-refractivity contribution in [3.05, 3.63) is 28.3 Å². The Hall–Kier alpha value is -0.730. The number of amides is 1. The first-order valence-corrected chi connectivity index (χ1v) is 7.45. The monoisotopic (exact) mass is 299 g/mol. The molecule has 0 saturated carbocycles. The Morgan fingerprint density at radius 1 is 1.42 bits per heavy atom. The van der Waals surface area contributed by atoms with Crippen molar-refractivity contribution < 1.29 is 4.79 Å². The molecule has 0 fully saturated rings. The molecule has 0 bridgehead atoms. The highest BCUT2D eigenvalue weighted by atomic mass is 35.5. The highest BCUT2D eigenvalue weighted by Crippen LogP contribution is 2.42. The van der Waals surface area contributed by atoms with E-state index < -0.39 is 0 Å². The molecule has 1 heterocycles. The lowest BCUT2D eigenvalue weighted by atomic mass is 9.77. The number of nitrogens with zero attached hydrogens (tertiary/aromatic N) is 1.